The maximum Gasteiger partial charge on any atom is 0.170 e. The molecule has 0 amide bonds. The molecule has 4 heteroatoms. The second-order valence-electron chi connectivity index (χ2n) is 7.29. The molecule has 0 aromatic rings. The van der Waals surface area contributed by atoms with Gasteiger partial charge in [-0.2, -0.15) is 0 Å². The van der Waals surface area contributed by atoms with Crippen molar-refractivity contribution in [3.8, 4) is 0 Å². The number of aliphatic hydroxyl groups is 3. The van der Waals surface area contributed by atoms with Crippen molar-refractivity contribution in [1.82, 2.24) is 0 Å². The Morgan fingerprint density at radius 2 is 1.89 bits per heavy atom. The van der Waals surface area contributed by atoms with E-state index in [1.165, 1.54) is 0 Å². The summed E-state index contributed by atoms with van der Waals surface area (Å²) in [5, 5.41) is 29.3. The molecule has 0 aliphatic heterocycles. The van der Waals surface area contributed by atoms with Crippen molar-refractivity contribution in [2.45, 2.75) is 39.2 Å². The van der Waals surface area contributed by atoms with Crippen molar-refractivity contribution in [2.24, 2.45) is 28.1 Å². The Morgan fingerprint density at radius 1 is 1.22 bits per heavy atom. The summed E-state index contributed by atoms with van der Waals surface area (Å²) in [6, 6.07) is 0. The van der Waals surface area contributed by atoms with Gasteiger partial charge >= 0.3 is 0 Å². The molecule has 18 heavy (non-hydrogen) atoms. The van der Waals surface area contributed by atoms with Crippen LogP contribution >= 0.6 is 0 Å². The molecule has 6 atom stereocenters. The number of Topliss-reactive ketones (excluding diaryl/α,β-unsaturated/α-hetero) is 1. The zero-order valence-electron chi connectivity index (χ0n) is 11.0. The second kappa shape index (κ2) is 3.35. The van der Waals surface area contributed by atoms with E-state index >= 15 is 0 Å². The van der Waals surface area contributed by atoms with Crippen molar-refractivity contribution in [2.75, 3.05) is 13.2 Å². The fourth-order valence-corrected chi connectivity index (χ4v) is 4.86. The third kappa shape index (κ3) is 1.19. The standard InChI is InChI=1S/C14H22O4/c1-12(6-15)3-8-9(4-12)13(2)5-14(13,7-16)11(18)10(8)17/h8-10,15-17H,3-7H2,1-2H3/t8-,9-,10-,12+,13+,14+/m1/s1. The zero-order chi connectivity index (χ0) is 13.3. The fraction of sp³-hybridized carbons (Fsp3) is 0.929. The van der Waals surface area contributed by atoms with Gasteiger partial charge in [0.25, 0.3) is 0 Å². The van der Waals surface area contributed by atoms with Crippen LogP contribution in [0.3, 0.4) is 0 Å². The number of ketones is 1. The SMILES string of the molecule is C[C@]1(CO)C[C@@H]2[C@@H](C1)[C@]1(C)C[C@]1(CO)C(=O)[C@@H]2O. The fourth-order valence-electron chi connectivity index (χ4n) is 4.86. The summed E-state index contributed by atoms with van der Waals surface area (Å²) in [6.07, 6.45) is 1.29. The summed E-state index contributed by atoms with van der Waals surface area (Å²) in [5.41, 5.74) is -1.06. The minimum absolute atomic E-state index is 0.0400. The molecule has 102 valence electrons. The highest BCUT2D eigenvalue weighted by Gasteiger charge is 2.78. The second-order valence-corrected chi connectivity index (χ2v) is 7.29. The Hall–Kier alpha value is -0.450. The van der Waals surface area contributed by atoms with E-state index in [1.807, 2.05) is 6.92 Å². The van der Waals surface area contributed by atoms with E-state index in [9.17, 15) is 20.1 Å². The average Bonchev–Trinajstić information content (AvgIpc) is 2.83. The molecular weight excluding hydrogens is 232 g/mol. The number of carbonyl (C=O) groups is 1. The molecule has 0 heterocycles. The Bertz CT molecular complexity index is 409. The Labute approximate surface area is 107 Å². The Morgan fingerprint density at radius 3 is 2.44 bits per heavy atom. The third-order valence-corrected chi connectivity index (χ3v) is 6.21. The predicted molar refractivity (Wildman–Crippen MR) is 64.7 cm³/mol. The van der Waals surface area contributed by atoms with Crippen molar-refractivity contribution in [3.05, 3.63) is 0 Å². The third-order valence-electron chi connectivity index (χ3n) is 6.21. The summed E-state index contributed by atoms with van der Waals surface area (Å²) < 4.78 is 0. The topological polar surface area (TPSA) is 77.8 Å². The first kappa shape index (κ1) is 12.6. The molecule has 3 aliphatic carbocycles. The van der Waals surface area contributed by atoms with Gasteiger partial charge in [-0.05, 0) is 41.9 Å². The van der Waals surface area contributed by atoms with Crippen molar-refractivity contribution >= 4 is 5.78 Å². The highest BCUT2D eigenvalue weighted by Crippen LogP contribution is 2.76. The largest absolute Gasteiger partial charge is 0.396 e. The molecule has 4 nitrogen and oxygen atoms in total. The van der Waals surface area contributed by atoms with Crippen LogP contribution in [0.25, 0.3) is 0 Å². The maximum atomic E-state index is 12.3. The van der Waals surface area contributed by atoms with E-state index in [-0.39, 0.29) is 41.7 Å². The zero-order valence-corrected chi connectivity index (χ0v) is 11.0. The van der Waals surface area contributed by atoms with Gasteiger partial charge in [-0.15, -0.1) is 0 Å². The number of hydrogen-bond donors (Lipinski definition) is 3. The quantitative estimate of drug-likeness (QED) is 0.664. The number of aliphatic hydroxyl groups excluding tert-OH is 3. The number of fused-ring (bicyclic) bond motifs is 3. The van der Waals surface area contributed by atoms with Gasteiger partial charge in [-0.3, -0.25) is 4.79 Å². The van der Waals surface area contributed by atoms with Crippen LogP contribution in [0.15, 0.2) is 0 Å². The van der Waals surface area contributed by atoms with E-state index in [1.54, 1.807) is 0 Å². The molecule has 0 unspecified atom stereocenters. The highest BCUT2D eigenvalue weighted by molar-refractivity contribution is 5.94. The van der Waals surface area contributed by atoms with Crippen LogP contribution in [0.1, 0.15) is 33.1 Å². The molecule has 3 fully saturated rings. The summed E-state index contributed by atoms with van der Waals surface area (Å²) in [4.78, 5) is 12.3. The lowest BCUT2D eigenvalue weighted by atomic mass is 9.67. The van der Waals surface area contributed by atoms with Gasteiger partial charge in [0.05, 0.1) is 12.0 Å². The summed E-state index contributed by atoms with van der Waals surface area (Å²) >= 11 is 0. The molecule has 0 saturated heterocycles. The lowest BCUT2D eigenvalue weighted by Crippen LogP contribution is -2.48. The normalized spacial score (nSPS) is 58.3. The van der Waals surface area contributed by atoms with Crippen molar-refractivity contribution in [3.63, 3.8) is 0 Å². The van der Waals surface area contributed by atoms with E-state index in [2.05, 4.69) is 6.92 Å². The average molecular weight is 254 g/mol. The molecule has 0 spiro atoms. The maximum absolute atomic E-state index is 12.3. The van der Waals surface area contributed by atoms with Gasteiger partial charge in [-0.1, -0.05) is 13.8 Å². The van der Waals surface area contributed by atoms with Crippen LogP contribution in [0.2, 0.25) is 0 Å². The highest BCUT2D eigenvalue weighted by atomic mass is 16.3. The van der Waals surface area contributed by atoms with Gasteiger partial charge in [0.1, 0.15) is 6.10 Å². The van der Waals surface area contributed by atoms with Crippen molar-refractivity contribution in [1.29, 1.82) is 0 Å². The van der Waals surface area contributed by atoms with E-state index in [0.717, 1.165) is 6.42 Å². The lowest BCUT2D eigenvalue weighted by molar-refractivity contribution is -0.146. The molecule has 0 aromatic heterocycles. The lowest BCUT2D eigenvalue weighted by Gasteiger charge is -2.38. The number of rotatable bonds is 2. The van der Waals surface area contributed by atoms with Gasteiger partial charge in [0, 0.05) is 6.61 Å². The van der Waals surface area contributed by atoms with Gasteiger partial charge in [0.2, 0.25) is 0 Å². The van der Waals surface area contributed by atoms with Crippen LogP contribution in [-0.4, -0.2) is 40.4 Å². The summed E-state index contributed by atoms with van der Waals surface area (Å²) in [6.45, 7) is 4.03. The van der Waals surface area contributed by atoms with Crippen LogP contribution in [0, 0.1) is 28.1 Å². The van der Waals surface area contributed by atoms with E-state index in [0.29, 0.717) is 12.8 Å². The van der Waals surface area contributed by atoms with E-state index in [4.69, 9.17) is 0 Å². The Kier molecular flexibility index (Phi) is 2.34. The summed E-state index contributed by atoms with van der Waals surface area (Å²) in [5.74, 6) is 0.0345. The molecule has 3 saturated carbocycles. The number of carbonyl (C=O) groups excluding carboxylic acids is 1. The molecule has 3 aliphatic rings. The van der Waals surface area contributed by atoms with Crippen molar-refractivity contribution < 1.29 is 20.1 Å². The van der Waals surface area contributed by atoms with Gasteiger partial charge in [-0.25, -0.2) is 0 Å². The molecule has 3 rings (SSSR count). The minimum atomic E-state index is -0.953. The van der Waals surface area contributed by atoms with Crippen LogP contribution in [0.5, 0.6) is 0 Å². The molecule has 0 aromatic carbocycles. The molecular formula is C14H22O4. The first-order valence-corrected chi connectivity index (χ1v) is 6.78. The van der Waals surface area contributed by atoms with E-state index < -0.39 is 11.5 Å². The van der Waals surface area contributed by atoms with Gasteiger partial charge < -0.3 is 15.3 Å². The smallest absolute Gasteiger partial charge is 0.170 e. The van der Waals surface area contributed by atoms with Crippen LogP contribution in [-0.2, 0) is 4.79 Å². The first-order valence-electron chi connectivity index (χ1n) is 6.78. The van der Waals surface area contributed by atoms with Gasteiger partial charge in [0.15, 0.2) is 5.78 Å². The number of hydrogen-bond acceptors (Lipinski definition) is 4. The Balaban J connectivity index is 1.98. The molecule has 3 N–H and O–H groups in total. The monoisotopic (exact) mass is 254 g/mol. The summed E-state index contributed by atoms with van der Waals surface area (Å²) in [7, 11) is 0. The molecule has 0 radical (unpaired) electrons. The first-order chi connectivity index (χ1) is 8.33. The van der Waals surface area contributed by atoms with Crippen LogP contribution < -0.4 is 0 Å². The predicted octanol–water partition coefficient (Wildman–Crippen LogP) is 0.343. The molecule has 0 bridgehead atoms. The minimum Gasteiger partial charge on any atom is -0.396 e. The van der Waals surface area contributed by atoms with Crippen LogP contribution in [0.4, 0.5) is 0 Å².